The standard InChI is InChI=1S/C18H11F7I2N2O3/c19-16(20,17(21,22)23)18(24,25)29-28-7-10-5-12(26)14(13(27)6-10)32-8-9-1-3-11(4-2-9)15(30)31/h1-7,29H,8H2,(H,30,31)/b28-7+. The van der Waals surface area contributed by atoms with Crippen LogP contribution in [-0.2, 0) is 6.61 Å². The molecule has 0 fully saturated rings. The molecule has 2 N–H and O–H groups in total. The van der Waals surface area contributed by atoms with Gasteiger partial charge in [0.05, 0.1) is 18.9 Å². The Labute approximate surface area is 203 Å². The molecule has 0 unspecified atom stereocenters. The number of hydrogen-bond acceptors (Lipinski definition) is 4. The average molecular weight is 690 g/mol. The van der Waals surface area contributed by atoms with Crippen molar-refractivity contribution in [1.29, 1.82) is 0 Å². The molecule has 2 rings (SSSR count). The Kier molecular flexibility index (Phi) is 8.22. The van der Waals surface area contributed by atoms with Crippen molar-refractivity contribution in [3.8, 4) is 5.75 Å². The summed E-state index contributed by atoms with van der Waals surface area (Å²) in [6.45, 7) is 0.0830. The molecule has 5 nitrogen and oxygen atoms in total. The Hall–Kier alpha value is -1.85. The molecule has 0 atom stereocenters. The minimum Gasteiger partial charge on any atom is -0.487 e. The van der Waals surface area contributed by atoms with Gasteiger partial charge in [-0.1, -0.05) is 12.1 Å². The van der Waals surface area contributed by atoms with Gasteiger partial charge in [-0.05, 0) is 80.6 Å². The highest BCUT2D eigenvalue weighted by molar-refractivity contribution is 14.1. The van der Waals surface area contributed by atoms with Crippen molar-refractivity contribution in [2.45, 2.75) is 24.8 Å². The number of benzene rings is 2. The fraction of sp³-hybridized carbons (Fsp3) is 0.222. The summed E-state index contributed by atoms with van der Waals surface area (Å²) in [4.78, 5) is 10.9. The molecule has 0 aliphatic carbocycles. The van der Waals surface area contributed by atoms with Crippen LogP contribution in [0.5, 0.6) is 5.75 Å². The molecule has 2 aromatic rings. The molecule has 0 aliphatic heterocycles. The van der Waals surface area contributed by atoms with Crippen molar-refractivity contribution < 1.29 is 45.4 Å². The van der Waals surface area contributed by atoms with Crippen LogP contribution in [0.15, 0.2) is 41.5 Å². The van der Waals surface area contributed by atoms with Crippen molar-refractivity contribution in [3.05, 3.63) is 60.2 Å². The number of hydrazone groups is 1. The van der Waals surface area contributed by atoms with E-state index in [4.69, 9.17) is 9.84 Å². The second kappa shape index (κ2) is 9.96. The molecule has 2 aromatic carbocycles. The third-order valence-corrected chi connectivity index (χ3v) is 5.38. The fourth-order valence-corrected chi connectivity index (χ4v) is 4.25. The second-order valence-corrected chi connectivity index (χ2v) is 8.45. The number of ether oxygens (including phenoxy) is 1. The van der Waals surface area contributed by atoms with Crippen LogP contribution < -0.4 is 10.2 Å². The molecule has 0 amide bonds. The molecule has 174 valence electrons. The molecule has 0 radical (unpaired) electrons. The number of carboxylic acid groups (broad SMARTS) is 1. The Balaban J connectivity index is 2.09. The van der Waals surface area contributed by atoms with Crippen LogP contribution in [0.3, 0.4) is 0 Å². The van der Waals surface area contributed by atoms with E-state index in [0.717, 1.165) is 0 Å². The summed E-state index contributed by atoms with van der Waals surface area (Å²) in [5, 5.41) is 11.7. The number of aromatic carboxylic acids is 1. The van der Waals surface area contributed by atoms with Crippen molar-refractivity contribution in [2.24, 2.45) is 5.10 Å². The first-order valence-corrected chi connectivity index (χ1v) is 10.4. The molecule has 0 heterocycles. The average Bonchev–Trinajstić information content (AvgIpc) is 2.66. The Morgan fingerprint density at radius 1 is 1.03 bits per heavy atom. The van der Waals surface area contributed by atoms with E-state index in [1.165, 1.54) is 24.3 Å². The van der Waals surface area contributed by atoms with Gasteiger partial charge >= 0.3 is 24.1 Å². The van der Waals surface area contributed by atoms with Crippen LogP contribution in [0.25, 0.3) is 0 Å². The monoisotopic (exact) mass is 690 g/mol. The lowest BCUT2D eigenvalue weighted by Gasteiger charge is -2.27. The van der Waals surface area contributed by atoms with Crippen LogP contribution in [0.4, 0.5) is 30.7 Å². The predicted octanol–water partition coefficient (Wildman–Crippen LogP) is 5.89. The van der Waals surface area contributed by atoms with E-state index in [1.807, 2.05) is 45.2 Å². The van der Waals surface area contributed by atoms with Gasteiger partial charge in [0.2, 0.25) is 0 Å². The normalized spacial score (nSPS) is 12.8. The number of carboxylic acids is 1. The molecule has 32 heavy (non-hydrogen) atoms. The molecule has 0 aromatic heterocycles. The summed E-state index contributed by atoms with van der Waals surface area (Å²) in [5.74, 6) is -7.00. The topological polar surface area (TPSA) is 70.9 Å². The lowest BCUT2D eigenvalue weighted by atomic mass is 10.1. The Morgan fingerprint density at radius 2 is 1.56 bits per heavy atom. The van der Waals surface area contributed by atoms with Gasteiger partial charge in [0.1, 0.15) is 12.4 Å². The minimum absolute atomic E-state index is 0.0830. The van der Waals surface area contributed by atoms with E-state index in [9.17, 15) is 35.5 Å². The maximum absolute atomic E-state index is 13.2. The van der Waals surface area contributed by atoms with Crippen molar-refractivity contribution in [3.63, 3.8) is 0 Å². The van der Waals surface area contributed by atoms with E-state index >= 15 is 0 Å². The first-order chi connectivity index (χ1) is 14.7. The van der Waals surface area contributed by atoms with Gasteiger partial charge in [0.25, 0.3) is 0 Å². The summed E-state index contributed by atoms with van der Waals surface area (Å²) < 4.78 is 95.1. The predicted molar refractivity (Wildman–Crippen MR) is 116 cm³/mol. The molecule has 0 bridgehead atoms. The minimum atomic E-state index is -6.46. The molecule has 0 spiro atoms. The zero-order chi connectivity index (χ0) is 24.3. The zero-order valence-corrected chi connectivity index (χ0v) is 19.7. The number of nitrogens with one attached hydrogen (secondary N) is 1. The summed E-state index contributed by atoms with van der Waals surface area (Å²) in [7, 11) is 0. The molecule has 0 aliphatic rings. The van der Waals surface area contributed by atoms with Gasteiger partial charge in [0, 0.05) is 0 Å². The van der Waals surface area contributed by atoms with Crippen molar-refractivity contribution in [1.82, 2.24) is 5.43 Å². The number of alkyl halides is 7. The van der Waals surface area contributed by atoms with Crippen LogP contribution in [0.1, 0.15) is 21.5 Å². The second-order valence-electron chi connectivity index (χ2n) is 6.12. The summed E-state index contributed by atoms with van der Waals surface area (Å²) in [6, 6.07) is 3.05. The third-order valence-electron chi connectivity index (χ3n) is 3.77. The highest BCUT2D eigenvalue weighted by atomic mass is 127. The van der Waals surface area contributed by atoms with E-state index in [0.29, 0.717) is 30.1 Å². The molecule has 14 heteroatoms. The largest absolute Gasteiger partial charge is 0.487 e. The Bertz CT molecular complexity index is 990. The van der Waals surface area contributed by atoms with Crippen molar-refractivity contribution >= 4 is 57.4 Å². The maximum atomic E-state index is 13.2. The van der Waals surface area contributed by atoms with Gasteiger partial charge in [0.15, 0.2) is 0 Å². The van der Waals surface area contributed by atoms with Gasteiger partial charge in [-0.3, -0.25) is 0 Å². The van der Waals surface area contributed by atoms with Crippen LogP contribution >= 0.6 is 45.2 Å². The smallest absolute Gasteiger partial charge is 0.462 e. The number of rotatable bonds is 8. The molecule has 0 saturated carbocycles. The van der Waals surface area contributed by atoms with Crippen LogP contribution in [0.2, 0.25) is 0 Å². The van der Waals surface area contributed by atoms with Gasteiger partial charge in [-0.15, -0.1) is 0 Å². The van der Waals surface area contributed by atoms with Gasteiger partial charge in [-0.25, -0.2) is 10.2 Å². The fourth-order valence-electron chi connectivity index (χ4n) is 2.13. The highest BCUT2D eigenvalue weighted by Crippen LogP contribution is 2.45. The lowest BCUT2D eigenvalue weighted by Crippen LogP contribution is -2.58. The van der Waals surface area contributed by atoms with Crippen LogP contribution in [0, 0.1) is 7.14 Å². The van der Waals surface area contributed by atoms with E-state index < -0.39 is 24.1 Å². The highest BCUT2D eigenvalue weighted by Gasteiger charge is 2.73. The molecule has 0 saturated heterocycles. The first kappa shape index (κ1) is 26.4. The van der Waals surface area contributed by atoms with Gasteiger partial charge in [-0.2, -0.15) is 35.8 Å². The molecular formula is C18H11F7I2N2O3. The van der Waals surface area contributed by atoms with E-state index in [1.54, 1.807) is 12.1 Å². The zero-order valence-electron chi connectivity index (χ0n) is 15.4. The summed E-state index contributed by atoms with van der Waals surface area (Å²) in [6.07, 6.45) is -5.80. The summed E-state index contributed by atoms with van der Waals surface area (Å²) >= 11 is 3.71. The SMILES string of the molecule is O=C(O)c1ccc(COc2c(I)cc(/C=N/NC(F)(F)C(F)(F)C(F)(F)F)cc2I)cc1. The third kappa shape index (κ3) is 6.14. The number of hydrogen-bond donors (Lipinski definition) is 2. The van der Waals surface area contributed by atoms with Crippen LogP contribution in [-0.4, -0.2) is 35.4 Å². The van der Waals surface area contributed by atoms with E-state index in [2.05, 4.69) is 5.10 Å². The maximum Gasteiger partial charge on any atom is 0.462 e. The Morgan fingerprint density at radius 3 is 2.03 bits per heavy atom. The lowest BCUT2D eigenvalue weighted by molar-refractivity contribution is -0.361. The quantitative estimate of drug-likeness (QED) is 0.119. The number of carbonyl (C=O) groups is 1. The van der Waals surface area contributed by atoms with Gasteiger partial charge < -0.3 is 9.84 Å². The number of halogens is 9. The molecular weight excluding hydrogens is 679 g/mol. The first-order valence-electron chi connectivity index (χ1n) is 8.22. The van der Waals surface area contributed by atoms with E-state index in [-0.39, 0.29) is 17.7 Å². The van der Waals surface area contributed by atoms with Crippen molar-refractivity contribution in [2.75, 3.05) is 0 Å². The summed E-state index contributed by atoms with van der Waals surface area (Å²) in [5.41, 5.74) is 1.47. The number of nitrogens with zero attached hydrogens (tertiary/aromatic N) is 1.